The predicted octanol–water partition coefficient (Wildman–Crippen LogP) is 3.53. The highest BCUT2D eigenvalue weighted by molar-refractivity contribution is 5.95. The number of halogens is 1. The number of hydrogen-bond donors (Lipinski definition) is 1. The van der Waals surface area contributed by atoms with E-state index in [0.717, 1.165) is 47.9 Å². The molecule has 2 atom stereocenters. The van der Waals surface area contributed by atoms with Gasteiger partial charge in [0.05, 0.1) is 5.92 Å². The van der Waals surface area contributed by atoms with Gasteiger partial charge in [0.1, 0.15) is 24.9 Å². The Balaban J connectivity index is 1.58. The van der Waals surface area contributed by atoms with Crippen LogP contribution in [0.5, 0.6) is 5.75 Å². The number of carbonyl (C=O) groups excluding carboxylic acids is 1. The van der Waals surface area contributed by atoms with E-state index in [1.165, 1.54) is 12.8 Å². The minimum Gasteiger partial charge on any atom is -0.492 e. The number of rotatable bonds is 7. The number of alkyl halides is 1. The number of anilines is 1. The van der Waals surface area contributed by atoms with E-state index in [1.807, 2.05) is 26.0 Å². The van der Waals surface area contributed by atoms with E-state index < -0.39 is 12.1 Å². The van der Waals surface area contributed by atoms with Crippen molar-refractivity contribution in [3.8, 4) is 16.9 Å². The van der Waals surface area contributed by atoms with Gasteiger partial charge in [-0.25, -0.2) is 14.4 Å². The standard InChI is InChI=1S/C22H27FN4O2/c1-14-21(15(2)25-13-24-14)18-11-16(26-22(28)17-12-19(17)23)5-6-20(18)29-10-9-27-7-3-4-8-27/h5-6,11,13,17,19H,3-4,7-10,12H2,1-2H3,(H,26,28)/t17-,19-/m1/s1. The fourth-order valence-electron chi connectivity index (χ4n) is 3.87. The van der Waals surface area contributed by atoms with Crippen molar-refractivity contribution < 1.29 is 13.9 Å². The Morgan fingerprint density at radius 1 is 1.24 bits per heavy atom. The minimum absolute atomic E-state index is 0.274. The summed E-state index contributed by atoms with van der Waals surface area (Å²) in [5.41, 5.74) is 4.05. The van der Waals surface area contributed by atoms with Gasteiger partial charge in [-0.2, -0.15) is 0 Å². The lowest BCUT2D eigenvalue weighted by Gasteiger charge is -2.18. The van der Waals surface area contributed by atoms with Gasteiger partial charge in [-0.05, 0) is 64.4 Å². The summed E-state index contributed by atoms with van der Waals surface area (Å²) >= 11 is 0. The lowest BCUT2D eigenvalue weighted by molar-refractivity contribution is -0.117. The molecular weight excluding hydrogens is 371 g/mol. The topological polar surface area (TPSA) is 67.3 Å². The quantitative estimate of drug-likeness (QED) is 0.773. The summed E-state index contributed by atoms with van der Waals surface area (Å²) in [5, 5.41) is 2.83. The SMILES string of the molecule is Cc1ncnc(C)c1-c1cc(NC(=O)[C@@H]2C[C@H]2F)ccc1OCCN1CCCC1. The lowest BCUT2D eigenvalue weighted by atomic mass is 10.0. The highest BCUT2D eigenvalue weighted by Gasteiger charge is 2.43. The molecule has 29 heavy (non-hydrogen) atoms. The molecule has 4 rings (SSSR count). The predicted molar refractivity (Wildman–Crippen MR) is 110 cm³/mol. The third-order valence-corrected chi connectivity index (χ3v) is 5.66. The summed E-state index contributed by atoms with van der Waals surface area (Å²) < 4.78 is 19.3. The van der Waals surface area contributed by atoms with Crippen LogP contribution in [-0.2, 0) is 4.79 Å². The van der Waals surface area contributed by atoms with Crippen LogP contribution in [0.3, 0.4) is 0 Å². The van der Waals surface area contributed by atoms with E-state index in [1.54, 1.807) is 12.4 Å². The normalized spacial score (nSPS) is 21.2. The van der Waals surface area contributed by atoms with Crippen molar-refractivity contribution in [2.45, 2.75) is 39.3 Å². The van der Waals surface area contributed by atoms with Crippen molar-refractivity contribution in [2.75, 3.05) is 31.6 Å². The summed E-state index contributed by atoms with van der Waals surface area (Å²) in [6.45, 7) is 7.60. The van der Waals surface area contributed by atoms with E-state index in [9.17, 15) is 9.18 Å². The molecule has 7 heteroatoms. The number of carbonyl (C=O) groups is 1. The average Bonchev–Trinajstić information content (AvgIpc) is 3.20. The highest BCUT2D eigenvalue weighted by atomic mass is 19.1. The van der Waals surface area contributed by atoms with Crippen molar-refractivity contribution >= 4 is 11.6 Å². The van der Waals surface area contributed by atoms with E-state index in [0.29, 0.717) is 18.7 Å². The first-order chi connectivity index (χ1) is 14.0. The molecule has 1 aliphatic carbocycles. The summed E-state index contributed by atoms with van der Waals surface area (Å²) in [6, 6.07) is 5.54. The molecule has 1 aromatic carbocycles. The number of nitrogens with zero attached hydrogens (tertiary/aromatic N) is 3. The Bertz CT molecular complexity index is 878. The molecule has 0 unspecified atom stereocenters. The zero-order chi connectivity index (χ0) is 20.4. The number of amides is 1. The van der Waals surface area contributed by atoms with E-state index >= 15 is 0 Å². The monoisotopic (exact) mass is 398 g/mol. The Morgan fingerprint density at radius 2 is 1.93 bits per heavy atom. The molecule has 1 saturated carbocycles. The van der Waals surface area contributed by atoms with Gasteiger partial charge in [-0.1, -0.05) is 0 Å². The Kier molecular flexibility index (Phi) is 5.76. The second-order valence-electron chi connectivity index (χ2n) is 7.88. The van der Waals surface area contributed by atoms with Crippen LogP contribution < -0.4 is 10.1 Å². The zero-order valence-electron chi connectivity index (χ0n) is 16.9. The smallest absolute Gasteiger partial charge is 0.230 e. The van der Waals surface area contributed by atoms with E-state index in [2.05, 4.69) is 20.2 Å². The number of likely N-dealkylation sites (tertiary alicyclic amines) is 1. The molecule has 2 aliphatic rings. The zero-order valence-corrected chi connectivity index (χ0v) is 16.9. The molecule has 154 valence electrons. The van der Waals surface area contributed by atoms with Crippen molar-refractivity contribution in [2.24, 2.45) is 5.92 Å². The molecule has 0 radical (unpaired) electrons. The number of ether oxygens (including phenoxy) is 1. The Labute approximate surface area is 170 Å². The van der Waals surface area contributed by atoms with Crippen molar-refractivity contribution in [1.29, 1.82) is 0 Å². The fraction of sp³-hybridized carbons (Fsp3) is 0.500. The van der Waals surface area contributed by atoms with Gasteiger partial charge in [-0.3, -0.25) is 9.69 Å². The second kappa shape index (κ2) is 8.45. The molecule has 1 saturated heterocycles. The third kappa shape index (κ3) is 4.56. The third-order valence-electron chi connectivity index (χ3n) is 5.66. The van der Waals surface area contributed by atoms with Crippen LogP contribution in [0.4, 0.5) is 10.1 Å². The first kappa shape index (κ1) is 19.8. The summed E-state index contributed by atoms with van der Waals surface area (Å²) in [4.78, 5) is 23.2. The summed E-state index contributed by atoms with van der Waals surface area (Å²) in [6.07, 6.45) is 3.33. The maximum atomic E-state index is 13.2. The maximum Gasteiger partial charge on any atom is 0.230 e. The molecule has 1 aromatic heterocycles. The largest absolute Gasteiger partial charge is 0.492 e. The van der Waals surface area contributed by atoms with Gasteiger partial charge in [0.25, 0.3) is 0 Å². The molecule has 1 amide bonds. The van der Waals surface area contributed by atoms with Gasteiger partial charge in [0.15, 0.2) is 0 Å². The Morgan fingerprint density at radius 3 is 2.59 bits per heavy atom. The summed E-state index contributed by atoms with van der Waals surface area (Å²) in [5.74, 6) is -0.0692. The number of benzene rings is 1. The van der Waals surface area contributed by atoms with E-state index in [4.69, 9.17) is 4.74 Å². The molecule has 2 heterocycles. The Hall–Kier alpha value is -2.54. The molecule has 6 nitrogen and oxygen atoms in total. The number of aryl methyl sites for hydroxylation is 2. The molecular formula is C22H27FN4O2. The van der Waals surface area contributed by atoms with Crippen LogP contribution in [0.2, 0.25) is 0 Å². The maximum absolute atomic E-state index is 13.2. The van der Waals surface area contributed by atoms with Gasteiger partial charge < -0.3 is 10.1 Å². The first-order valence-corrected chi connectivity index (χ1v) is 10.3. The molecule has 1 aliphatic heterocycles. The van der Waals surface area contributed by atoms with Gasteiger partial charge in [0.2, 0.25) is 5.91 Å². The number of nitrogens with one attached hydrogen (secondary N) is 1. The molecule has 2 aromatic rings. The molecule has 2 fully saturated rings. The van der Waals surface area contributed by atoms with E-state index in [-0.39, 0.29) is 5.91 Å². The fourth-order valence-corrected chi connectivity index (χ4v) is 3.87. The number of aromatic nitrogens is 2. The van der Waals surface area contributed by atoms with Gasteiger partial charge in [0, 0.05) is 34.7 Å². The van der Waals surface area contributed by atoms with Crippen molar-refractivity contribution in [3.05, 3.63) is 35.9 Å². The van der Waals surface area contributed by atoms with Crippen molar-refractivity contribution in [3.63, 3.8) is 0 Å². The van der Waals surface area contributed by atoms with Gasteiger partial charge >= 0.3 is 0 Å². The van der Waals surface area contributed by atoms with Crippen LogP contribution in [0, 0.1) is 19.8 Å². The number of hydrogen-bond acceptors (Lipinski definition) is 5. The van der Waals surface area contributed by atoms with Crippen LogP contribution in [0.15, 0.2) is 24.5 Å². The summed E-state index contributed by atoms with van der Waals surface area (Å²) in [7, 11) is 0. The highest BCUT2D eigenvalue weighted by Crippen LogP contribution is 2.38. The molecule has 0 bridgehead atoms. The molecule has 1 N–H and O–H groups in total. The first-order valence-electron chi connectivity index (χ1n) is 10.3. The molecule has 0 spiro atoms. The van der Waals surface area contributed by atoms with Crippen LogP contribution in [-0.4, -0.2) is 53.2 Å². The van der Waals surface area contributed by atoms with Gasteiger partial charge in [-0.15, -0.1) is 0 Å². The average molecular weight is 398 g/mol. The van der Waals surface area contributed by atoms with Crippen molar-refractivity contribution in [1.82, 2.24) is 14.9 Å². The van der Waals surface area contributed by atoms with Crippen LogP contribution >= 0.6 is 0 Å². The minimum atomic E-state index is -1.02. The van der Waals surface area contributed by atoms with Crippen LogP contribution in [0.1, 0.15) is 30.7 Å². The second-order valence-corrected chi connectivity index (χ2v) is 7.88. The van der Waals surface area contributed by atoms with Crippen LogP contribution in [0.25, 0.3) is 11.1 Å². The lowest BCUT2D eigenvalue weighted by Crippen LogP contribution is -2.25.